The van der Waals surface area contributed by atoms with Crippen molar-refractivity contribution in [3.8, 4) is 0 Å². The Bertz CT molecular complexity index is 493. The van der Waals surface area contributed by atoms with E-state index in [0.717, 1.165) is 16.3 Å². The van der Waals surface area contributed by atoms with Crippen LogP contribution in [0.25, 0.3) is 0 Å². The summed E-state index contributed by atoms with van der Waals surface area (Å²) in [6.45, 7) is 0.612. The number of thioether (sulfide) groups is 1. The molecule has 1 amide bonds. The van der Waals surface area contributed by atoms with Crippen LogP contribution in [0.4, 0.5) is 5.69 Å². The number of anilines is 1. The SMILES string of the molecule is NC(CCC(=O)O)C(=O)N1CCSc2ccccc21. The van der Waals surface area contributed by atoms with E-state index in [2.05, 4.69) is 0 Å². The van der Waals surface area contributed by atoms with Gasteiger partial charge >= 0.3 is 5.97 Å². The van der Waals surface area contributed by atoms with Crippen molar-refractivity contribution in [1.82, 2.24) is 0 Å². The number of aliphatic carboxylic acids is 1. The van der Waals surface area contributed by atoms with Gasteiger partial charge in [-0.05, 0) is 18.6 Å². The molecule has 0 bridgehead atoms. The van der Waals surface area contributed by atoms with Crippen LogP contribution in [0.3, 0.4) is 0 Å². The molecule has 19 heavy (non-hydrogen) atoms. The van der Waals surface area contributed by atoms with E-state index < -0.39 is 12.0 Å². The lowest BCUT2D eigenvalue weighted by molar-refractivity contribution is -0.137. The second-order valence-corrected chi connectivity index (χ2v) is 5.48. The van der Waals surface area contributed by atoms with Crippen LogP contribution < -0.4 is 10.6 Å². The summed E-state index contributed by atoms with van der Waals surface area (Å²) in [5, 5.41) is 8.63. The molecule has 3 N–H and O–H groups in total. The number of hydrogen-bond acceptors (Lipinski definition) is 4. The summed E-state index contributed by atoms with van der Waals surface area (Å²) in [5.41, 5.74) is 6.66. The van der Waals surface area contributed by atoms with Crippen LogP contribution in [-0.4, -0.2) is 35.3 Å². The number of amides is 1. The molecule has 1 aromatic rings. The van der Waals surface area contributed by atoms with Crippen LogP contribution in [0, 0.1) is 0 Å². The van der Waals surface area contributed by atoms with Gasteiger partial charge < -0.3 is 15.7 Å². The molecule has 0 radical (unpaired) electrons. The van der Waals surface area contributed by atoms with Gasteiger partial charge in [0.05, 0.1) is 11.7 Å². The Morgan fingerprint density at radius 2 is 2.16 bits per heavy atom. The average Bonchev–Trinajstić information content (AvgIpc) is 2.43. The maximum Gasteiger partial charge on any atom is 0.303 e. The van der Waals surface area contributed by atoms with Crippen molar-refractivity contribution >= 4 is 29.3 Å². The maximum absolute atomic E-state index is 12.3. The van der Waals surface area contributed by atoms with Crippen molar-refractivity contribution in [3.63, 3.8) is 0 Å². The number of carboxylic acids is 1. The van der Waals surface area contributed by atoms with Crippen LogP contribution in [0.2, 0.25) is 0 Å². The number of para-hydroxylation sites is 1. The Kier molecular flexibility index (Phi) is 4.44. The van der Waals surface area contributed by atoms with Gasteiger partial charge in [-0.1, -0.05) is 12.1 Å². The Hall–Kier alpha value is -1.53. The fourth-order valence-electron chi connectivity index (χ4n) is 2.00. The lowest BCUT2D eigenvalue weighted by Gasteiger charge is -2.30. The fraction of sp³-hybridized carbons (Fsp3) is 0.385. The molecule has 0 aliphatic carbocycles. The first-order valence-electron chi connectivity index (χ1n) is 6.10. The molecule has 1 atom stereocenters. The second kappa shape index (κ2) is 6.08. The van der Waals surface area contributed by atoms with E-state index >= 15 is 0 Å². The second-order valence-electron chi connectivity index (χ2n) is 4.34. The summed E-state index contributed by atoms with van der Waals surface area (Å²) >= 11 is 1.71. The number of benzene rings is 1. The quantitative estimate of drug-likeness (QED) is 0.869. The normalized spacial score (nSPS) is 15.7. The first-order chi connectivity index (χ1) is 9.09. The summed E-state index contributed by atoms with van der Waals surface area (Å²) in [4.78, 5) is 25.5. The van der Waals surface area contributed by atoms with E-state index in [9.17, 15) is 9.59 Å². The molecule has 0 saturated carbocycles. The summed E-state index contributed by atoms with van der Waals surface area (Å²) in [6.07, 6.45) is 0.0805. The number of carbonyl (C=O) groups is 2. The van der Waals surface area contributed by atoms with Gasteiger partial charge in [-0.3, -0.25) is 9.59 Å². The van der Waals surface area contributed by atoms with Crippen molar-refractivity contribution in [3.05, 3.63) is 24.3 Å². The zero-order valence-corrected chi connectivity index (χ0v) is 11.2. The highest BCUT2D eigenvalue weighted by molar-refractivity contribution is 7.99. The first-order valence-corrected chi connectivity index (χ1v) is 7.08. The minimum Gasteiger partial charge on any atom is -0.481 e. The predicted molar refractivity (Wildman–Crippen MR) is 74.4 cm³/mol. The molecule has 1 aliphatic heterocycles. The lowest BCUT2D eigenvalue weighted by atomic mass is 10.1. The zero-order chi connectivity index (χ0) is 13.8. The minimum atomic E-state index is -0.933. The van der Waals surface area contributed by atoms with Gasteiger partial charge in [0.2, 0.25) is 5.91 Å². The maximum atomic E-state index is 12.3. The molecule has 0 fully saturated rings. The highest BCUT2D eigenvalue weighted by Gasteiger charge is 2.26. The molecular formula is C13H16N2O3S. The van der Waals surface area contributed by atoms with E-state index in [0.29, 0.717) is 6.54 Å². The number of rotatable bonds is 4. The summed E-state index contributed by atoms with van der Waals surface area (Å²) < 4.78 is 0. The molecule has 0 aromatic heterocycles. The Balaban J connectivity index is 2.10. The van der Waals surface area contributed by atoms with Crippen molar-refractivity contribution in [1.29, 1.82) is 0 Å². The summed E-state index contributed by atoms with van der Waals surface area (Å²) in [5.74, 6) is -0.305. The standard InChI is InChI=1S/C13H16N2O3S/c14-9(5-6-12(16)17)13(18)15-7-8-19-11-4-2-1-3-10(11)15/h1-4,9H,5-8,14H2,(H,16,17). The predicted octanol–water partition coefficient (Wildman–Crippen LogP) is 1.32. The number of hydrogen-bond donors (Lipinski definition) is 2. The van der Waals surface area contributed by atoms with Crippen LogP contribution in [0.15, 0.2) is 29.2 Å². The number of nitrogens with zero attached hydrogens (tertiary/aromatic N) is 1. The van der Waals surface area contributed by atoms with E-state index in [1.807, 2.05) is 24.3 Å². The number of fused-ring (bicyclic) bond motifs is 1. The van der Waals surface area contributed by atoms with Gasteiger partial charge in [0.25, 0.3) is 0 Å². The molecule has 102 valence electrons. The van der Waals surface area contributed by atoms with Crippen molar-refractivity contribution < 1.29 is 14.7 Å². The van der Waals surface area contributed by atoms with Crippen molar-refractivity contribution in [2.75, 3.05) is 17.2 Å². The molecule has 0 spiro atoms. The monoisotopic (exact) mass is 280 g/mol. The largest absolute Gasteiger partial charge is 0.481 e. The van der Waals surface area contributed by atoms with Gasteiger partial charge in [-0.15, -0.1) is 11.8 Å². The highest BCUT2D eigenvalue weighted by atomic mass is 32.2. The smallest absolute Gasteiger partial charge is 0.303 e. The molecule has 1 heterocycles. The third-order valence-electron chi connectivity index (χ3n) is 2.98. The van der Waals surface area contributed by atoms with Crippen LogP contribution in [0.1, 0.15) is 12.8 Å². The van der Waals surface area contributed by atoms with Gasteiger partial charge in [-0.2, -0.15) is 0 Å². The van der Waals surface area contributed by atoms with Crippen LogP contribution >= 0.6 is 11.8 Å². The average molecular weight is 280 g/mol. The molecule has 5 nitrogen and oxygen atoms in total. The van der Waals surface area contributed by atoms with Crippen LogP contribution in [0.5, 0.6) is 0 Å². The third-order valence-corrected chi connectivity index (χ3v) is 4.02. The van der Waals surface area contributed by atoms with E-state index in [1.165, 1.54) is 0 Å². The molecule has 6 heteroatoms. The molecular weight excluding hydrogens is 264 g/mol. The van der Waals surface area contributed by atoms with Gasteiger partial charge in [-0.25, -0.2) is 0 Å². The summed E-state index contributed by atoms with van der Waals surface area (Å²) in [6, 6.07) is 6.93. The molecule has 1 aliphatic rings. The molecule has 1 unspecified atom stereocenters. The molecule has 1 aromatic carbocycles. The Morgan fingerprint density at radius 3 is 2.89 bits per heavy atom. The number of nitrogens with two attached hydrogens (primary N) is 1. The van der Waals surface area contributed by atoms with E-state index in [1.54, 1.807) is 16.7 Å². The Morgan fingerprint density at radius 1 is 1.42 bits per heavy atom. The number of carboxylic acid groups (broad SMARTS) is 1. The molecule has 2 rings (SSSR count). The van der Waals surface area contributed by atoms with Gasteiger partial charge in [0.1, 0.15) is 0 Å². The number of carbonyl (C=O) groups excluding carboxylic acids is 1. The zero-order valence-electron chi connectivity index (χ0n) is 10.4. The first kappa shape index (κ1) is 13.9. The third kappa shape index (κ3) is 3.27. The molecule has 0 saturated heterocycles. The van der Waals surface area contributed by atoms with Crippen molar-refractivity contribution in [2.24, 2.45) is 5.73 Å². The topological polar surface area (TPSA) is 83.6 Å². The van der Waals surface area contributed by atoms with Crippen LogP contribution in [-0.2, 0) is 9.59 Å². The van der Waals surface area contributed by atoms with Gasteiger partial charge in [0, 0.05) is 23.6 Å². The van der Waals surface area contributed by atoms with E-state index in [4.69, 9.17) is 10.8 Å². The summed E-state index contributed by atoms with van der Waals surface area (Å²) in [7, 11) is 0. The highest BCUT2D eigenvalue weighted by Crippen LogP contribution is 2.34. The minimum absolute atomic E-state index is 0.0862. The van der Waals surface area contributed by atoms with Gasteiger partial charge in [0.15, 0.2) is 0 Å². The fourth-order valence-corrected chi connectivity index (χ4v) is 3.00. The lowest BCUT2D eigenvalue weighted by Crippen LogP contribution is -2.46. The van der Waals surface area contributed by atoms with E-state index in [-0.39, 0.29) is 18.7 Å². The van der Waals surface area contributed by atoms with Crippen molar-refractivity contribution in [2.45, 2.75) is 23.8 Å². The Labute approximate surface area is 115 Å².